The molecular weight excluding hydrogens is 232 g/mol. The van der Waals surface area contributed by atoms with Gasteiger partial charge in [0, 0.05) is 26.2 Å². The maximum absolute atomic E-state index is 11.3. The van der Waals surface area contributed by atoms with Crippen LogP contribution >= 0.6 is 0 Å². The van der Waals surface area contributed by atoms with E-state index >= 15 is 0 Å². The number of nitrogens with one attached hydrogen (secondary N) is 2. The maximum Gasteiger partial charge on any atom is 0.407 e. The molecule has 0 heterocycles. The first-order valence-corrected chi connectivity index (χ1v) is 6.65. The molecule has 1 fully saturated rings. The van der Waals surface area contributed by atoms with E-state index in [9.17, 15) is 4.79 Å². The van der Waals surface area contributed by atoms with Crippen molar-refractivity contribution in [1.29, 1.82) is 0 Å². The van der Waals surface area contributed by atoms with Gasteiger partial charge in [-0.1, -0.05) is 0 Å². The summed E-state index contributed by atoms with van der Waals surface area (Å²) in [5, 5.41) is 14.9. The first-order chi connectivity index (χ1) is 8.37. The van der Waals surface area contributed by atoms with E-state index in [1.807, 2.05) is 20.8 Å². The number of carbonyl (C=O) groups excluding carboxylic acids is 1. The Balaban J connectivity index is 2.00. The Bertz CT molecular complexity index is 270. The molecule has 106 valence electrons. The minimum absolute atomic E-state index is 0.262. The molecular formula is C13H26N2O3. The molecule has 0 saturated heterocycles. The van der Waals surface area contributed by atoms with Crippen molar-refractivity contribution < 1.29 is 14.6 Å². The Hall–Kier alpha value is -0.810. The number of alkyl carbamates (subject to hydrolysis) is 1. The van der Waals surface area contributed by atoms with E-state index in [2.05, 4.69) is 10.6 Å². The fraction of sp³-hybridized carbons (Fsp3) is 0.923. The molecule has 1 rings (SSSR count). The summed E-state index contributed by atoms with van der Waals surface area (Å²) in [6.45, 7) is 8.00. The number of carbonyl (C=O) groups is 1. The summed E-state index contributed by atoms with van der Waals surface area (Å²) in [7, 11) is 0. The van der Waals surface area contributed by atoms with Crippen molar-refractivity contribution in [3.63, 3.8) is 0 Å². The van der Waals surface area contributed by atoms with E-state index in [4.69, 9.17) is 9.84 Å². The third-order valence-corrected chi connectivity index (χ3v) is 3.07. The molecule has 0 radical (unpaired) electrons. The molecule has 3 N–H and O–H groups in total. The standard InChI is InChI=1S/C13H26N2O3/c1-12(2,3)18-11(17)15-8-7-14-10-13(4-5-13)6-9-16/h14,16H,4-10H2,1-3H3,(H,15,17). The summed E-state index contributed by atoms with van der Waals surface area (Å²) < 4.78 is 5.13. The quantitative estimate of drug-likeness (QED) is 0.601. The monoisotopic (exact) mass is 258 g/mol. The van der Waals surface area contributed by atoms with Gasteiger partial charge < -0.3 is 20.5 Å². The summed E-state index contributed by atoms with van der Waals surface area (Å²) in [5.41, 5.74) is -0.128. The van der Waals surface area contributed by atoms with Crippen LogP contribution < -0.4 is 10.6 Å². The summed E-state index contributed by atoms with van der Waals surface area (Å²) >= 11 is 0. The minimum Gasteiger partial charge on any atom is -0.444 e. The minimum atomic E-state index is -0.448. The van der Waals surface area contributed by atoms with Gasteiger partial charge in [0.05, 0.1) is 0 Å². The van der Waals surface area contributed by atoms with Crippen LogP contribution in [-0.2, 0) is 4.74 Å². The Morgan fingerprint density at radius 2 is 2.00 bits per heavy atom. The Morgan fingerprint density at radius 3 is 2.50 bits per heavy atom. The predicted octanol–water partition coefficient (Wildman–Crippen LogP) is 1.26. The van der Waals surface area contributed by atoms with Crippen molar-refractivity contribution in [2.75, 3.05) is 26.2 Å². The molecule has 5 nitrogen and oxygen atoms in total. The van der Waals surface area contributed by atoms with Gasteiger partial charge in [-0.25, -0.2) is 4.79 Å². The van der Waals surface area contributed by atoms with E-state index in [0.717, 1.165) is 19.5 Å². The molecule has 1 aliphatic rings. The number of aliphatic hydroxyl groups excluding tert-OH is 1. The molecule has 18 heavy (non-hydrogen) atoms. The van der Waals surface area contributed by atoms with E-state index in [1.54, 1.807) is 0 Å². The first kappa shape index (κ1) is 15.2. The highest BCUT2D eigenvalue weighted by atomic mass is 16.6. The molecule has 1 aliphatic carbocycles. The van der Waals surface area contributed by atoms with Gasteiger partial charge >= 0.3 is 6.09 Å². The zero-order valence-electron chi connectivity index (χ0n) is 11.7. The Kier molecular flexibility index (Phi) is 5.41. The number of ether oxygens (including phenoxy) is 1. The van der Waals surface area contributed by atoms with Crippen molar-refractivity contribution in [2.45, 2.75) is 45.6 Å². The fourth-order valence-electron chi connectivity index (χ4n) is 1.85. The molecule has 0 bridgehead atoms. The van der Waals surface area contributed by atoms with Crippen molar-refractivity contribution in [2.24, 2.45) is 5.41 Å². The molecule has 1 amide bonds. The second-order valence-electron chi connectivity index (χ2n) is 6.08. The van der Waals surface area contributed by atoms with Gasteiger partial charge in [-0.2, -0.15) is 0 Å². The summed E-state index contributed by atoms with van der Waals surface area (Å²) in [5.74, 6) is 0. The van der Waals surface area contributed by atoms with E-state index in [-0.39, 0.29) is 12.7 Å². The average Bonchev–Trinajstić information content (AvgIpc) is 2.95. The van der Waals surface area contributed by atoms with Gasteiger partial charge in [0.25, 0.3) is 0 Å². The summed E-state index contributed by atoms with van der Waals surface area (Å²) in [6, 6.07) is 0. The summed E-state index contributed by atoms with van der Waals surface area (Å²) in [6.07, 6.45) is 2.89. The van der Waals surface area contributed by atoms with Crippen molar-refractivity contribution in [1.82, 2.24) is 10.6 Å². The third kappa shape index (κ3) is 6.21. The lowest BCUT2D eigenvalue weighted by molar-refractivity contribution is 0.0528. The van der Waals surface area contributed by atoms with Crippen LogP contribution in [0.25, 0.3) is 0 Å². The average molecular weight is 258 g/mol. The highest BCUT2D eigenvalue weighted by Crippen LogP contribution is 2.47. The zero-order chi connectivity index (χ0) is 13.6. The lowest BCUT2D eigenvalue weighted by Gasteiger charge is -2.20. The summed E-state index contributed by atoms with van der Waals surface area (Å²) in [4.78, 5) is 11.3. The zero-order valence-corrected chi connectivity index (χ0v) is 11.7. The smallest absolute Gasteiger partial charge is 0.407 e. The van der Waals surface area contributed by atoms with Gasteiger partial charge in [0.15, 0.2) is 0 Å². The van der Waals surface area contributed by atoms with E-state index in [1.165, 1.54) is 12.8 Å². The molecule has 0 aliphatic heterocycles. The van der Waals surface area contributed by atoms with Crippen LogP contribution in [-0.4, -0.2) is 43.0 Å². The second kappa shape index (κ2) is 6.38. The molecule has 0 aromatic heterocycles. The van der Waals surface area contributed by atoms with E-state index in [0.29, 0.717) is 12.0 Å². The van der Waals surface area contributed by atoms with Crippen LogP contribution in [0.15, 0.2) is 0 Å². The van der Waals surface area contributed by atoms with Crippen LogP contribution in [0, 0.1) is 5.41 Å². The maximum atomic E-state index is 11.3. The van der Waals surface area contributed by atoms with Crippen LogP contribution in [0.4, 0.5) is 4.79 Å². The number of hydrogen-bond donors (Lipinski definition) is 3. The Labute approximate surface area is 109 Å². The lowest BCUT2D eigenvalue weighted by atomic mass is 10.0. The first-order valence-electron chi connectivity index (χ1n) is 6.65. The van der Waals surface area contributed by atoms with Crippen LogP contribution in [0.2, 0.25) is 0 Å². The van der Waals surface area contributed by atoms with Crippen LogP contribution in [0.1, 0.15) is 40.0 Å². The predicted molar refractivity (Wildman–Crippen MR) is 70.5 cm³/mol. The number of amides is 1. The van der Waals surface area contributed by atoms with Crippen molar-refractivity contribution in [3.05, 3.63) is 0 Å². The van der Waals surface area contributed by atoms with Gasteiger partial charge in [0.1, 0.15) is 5.60 Å². The van der Waals surface area contributed by atoms with Gasteiger partial charge in [0.2, 0.25) is 0 Å². The largest absolute Gasteiger partial charge is 0.444 e. The third-order valence-electron chi connectivity index (χ3n) is 3.07. The van der Waals surface area contributed by atoms with Crippen LogP contribution in [0.5, 0.6) is 0 Å². The molecule has 0 spiro atoms. The van der Waals surface area contributed by atoms with Crippen molar-refractivity contribution in [3.8, 4) is 0 Å². The normalized spacial score (nSPS) is 17.3. The number of rotatable bonds is 7. The number of hydrogen-bond acceptors (Lipinski definition) is 4. The van der Waals surface area contributed by atoms with Crippen molar-refractivity contribution >= 4 is 6.09 Å². The Morgan fingerprint density at radius 1 is 1.33 bits per heavy atom. The number of aliphatic hydroxyl groups is 1. The van der Waals surface area contributed by atoms with Gasteiger partial charge in [-0.05, 0) is 45.4 Å². The van der Waals surface area contributed by atoms with E-state index < -0.39 is 5.60 Å². The molecule has 5 heteroatoms. The molecule has 0 aromatic rings. The van der Waals surface area contributed by atoms with Crippen LogP contribution in [0.3, 0.4) is 0 Å². The second-order valence-corrected chi connectivity index (χ2v) is 6.08. The lowest BCUT2D eigenvalue weighted by Crippen LogP contribution is -2.37. The van der Waals surface area contributed by atoms with Gasteiger partial charge in [-0.15, -0.1) is 0 Å². The SMILES string of the molecule is CC(C)(C)OC(=O)NCCNCC1(CCO)CC1. The van der Waals surface area contributed by atoms with Gasteiger partial charge in [-0.3, -0.25) is 0 Å². The topological polar surface area (TPSA) is 70.6 Å². The highest BCUT2D eigenvalue weighted by Gasteiger charge is 2.41. The molecule has 0 aromatic carbocycles. The fourth-order valence-corrected chi connectivity index (χ4v) is 1.85. The molecule has 0 unspecified atom stereocenters. The molecule has 0 atom stereocenters. The molecule has 1 saturated carbocycles. The highest BCUT2D eigenvalue weighted by molar-refractivity contribution is 5.67.